The lowest BCUT2D eigenvalue weighted by Gasteiger charge is -2.28. The maximum absolute atomic E-state index is 13.7. The van der Waals surface area contributed by atoms with Crippen LogP contribution in [0.15, 0.2) is 54.9 Å². The van der Waals surface area contributed by atoms with Gasteiger partial charge in [-0.1, -0.05) is 41.4 Å². The first-order chi connectivity index (χ1) is 16.0. The molecule has 34 heavy (non-hydrogen) atoms. The smallest absolute Gasteiger partial charge is 0.408 e. The van der Waals surface area contributed by atoms with Crippen molar-refractivity contribution in [3.63, 3.8) is 0 Å². The SMILES string of the molecule is COc1cc(C(O)C(NC(=O)OC(C)(C)C)c2ccc(Cl)c(Cl)c2)ccc1-c1cncc(F)c1. The molecule has 9 heteroatoms. The van der Waals surface area contributed by atoms with Crippen molar-refractivity contribution in [2.24, 2.45) is 0 Å². The number of hydrogen-bond donors (Lipinski definition) is 2. The third-order valence-electron chi connectivity index (χ3n) is 4.87. The standard InChI is InChI=1S/C25H25Cl2FN2O4/c1-25(2,3)34-24(32)30-22(14-6-8-19(26)20(27)10-14)23(31)15-5-7-18(21(11-15)33-4)16-9-17(28)13-29-12-16/h5-13,22-23,31H,1-4H3,(H,30,32). The van der Waals surface area contributed by atoms with Crippen molar-refractivity contribution in [2.75, 3.05) is 7.11 Å². The molecule has 180 valence electrons. The van der Waals surface area contributed by atoms with Crippen LogP contribution in [0.2, 0.25) is 10.0 Å². The second-order valence-electron chi connectivity index (χ2n) is 8.59. The molecule has 6 nitrogen and oxygen atoms in total. The van der Waals surface area contributed by atoms with Gasteiger partial charge in [0, 0.05) is 17.3 Å². The summed E-state index contributed by atoms with van der Waals surface area (Å²) in [5.74, 6) is -0.0842. The molecule has 2 unspecified atom stereocenters. The number of carbonyl (C=O) groups excluding carboxylic acids is 1. The fraction of sp³-hybridized carbons (Fsp3) is 0.280. The molecule has 0 aliphatic carbocycles. The first-order valence-corrected chi connectivity index (χ1v) is 11.2. The molecule has 2 atom stereocenters. The summed E-state index contributed by atoms with van der Waals surface area (Å²) < 4.78 is 24.5. The van der Waals surface area contributed by atoms with Gasteiger partial charge < -0.3 is 19.9 Å². The number of amides is 1. The third-order valence-corrected chi connectivity index (χ3v) is 5.61. The van der Waals surface area contributed by atoms with Crippen LogP contribution in [0.25, 0.3) is 11.1 Å². The van der Waals surface area contributed by atoms with Crippen molar-refractivity contribution in [2.45, 2.75) is 38.5 Å². The number of halogens is 3. The summed E-state index contributed by atoms with van der Waals surface area (Å²) in [6.45, 7) is 5.21. The summed E-state index contributed by atoms with van der Waals surface area (Å²) in [7, 11) is 1.47. The highest BCUT2D eigenvalue weighted by Gasteiger charge is 2.28. The van der Waals surface area contributed by atoms with Gasteiger partial charge in [-0.15, -0.1) is 0 Å². The Balaban J connectivity index is 2.00. The molecular weight excluding hydrogens is 482 g/mol. The average molecular weight is 507 g/mol. The third kappa shape index (κ3) is 6.38. The number of nitrogens with zero attached hydrogens (tertiary/aromatic N) is 1. The van der Waals surface area contributed by atoms with Crippen LogP contribution >= 0.6 is 23.2 Å². The minimum Gasteiger partial charge on any atom is -0.496 e. The van der Waals surface area contributed by atoms with E-state index in [1.165, 1.54) is 19.4 Å². The minimum atomic E-state index is -1.21. The van der Waals surface area contributed by atoms with Crippen LogP contribution in [0, 0.1) is 5.82 Å². The molecule has 0 bridgehead atoms. The van der Waals surface area contributed by atoms with Gasteiger partial charge in [-0.05, 0) is 56.2 Å². The molecule has 2 N–H and O–H groups in total. The predicted molar refractivity (Wildman–Crippen MR) is 130 cm³/mol. The largest absolute Gasteiger partial charge is 0.496 e. The van der Waals surface area contributed by atoms with Crippen LogP contribution in [0.1, 0.15) is 44.0 Å². The second-order valence-corrected chi connectivity index (χ2v) is 9.41. The van der Waals surface area contributed by atoms with E-state index in [0.29, 0.717) is 33.0 Å². The number of rotatable bonds is 6. The van der Waals surface area contributed by atoms with E-state index in [2.05, 4.69) is 10.3 Å². The van der Waals surface area contributed by atoms with E-state index in [0.717, 1.165) is 6.20 Å². The number of nitrogens with one attached hydrogen (secondary N) is 1. The Morgan fingerprint density at radius 1 is 1.06 bits per heavy atom. The minimum absolute atomic E-state index is 0.272. The number of aliphatic hydroxyl groups is 1. The van der Waals surface area contributed by atoms with Gasteiger partial charge in [-0.2, -0.15) is 0 Å². The van der Waals surface area contributed by atoms with E-state index in [9.17, 15) is 14.3 Å². The maximum Gasteiger partial charge on any atom is 0.408 e. The highest BCUT2D eigenvalue weighted by molar-refractivity contribution is 6.42. The lowest BCUT2D eigenvalue weighted by molar-refractivity contribution is 0.0419. The number of alkyl carbamates (subject to hydrolysis) is 1. The number of hydrogen-bond acceptors (Lipinski definition) is 5. The molecule has 0 saturated carbocycles. The van der Waals surface area contributed by atoms with Crippen LogP contribution in [0.4, 0.5) is 9.18 Å². The summed E-state index contributed by atoms with van der Waals surface area (Å²) in [4.78, 5) is 16.4. The van der Waals surface area contributed by atoms with Crippen molar-refractivity contribution in [1.82, 2.24) is 10.3 Å². The number of ether oxygens (including phenoxy) is 2. The summed E-state index contributed by atoms with van der Waals surface area (Å²) >= 11 is 12.2. The fourth-order valence-electron chi connectivity index (χ4n) is 3.37. The van der Waals surface area contributed by atoms with E-state index in [-0.39, 0.29) is 5.02 Å². The Morgan fingerprint density at radius 2 is 1.76 bits per heavy atom. The van der Waals surface area contributed by atoms with E-state index >= 15 is 0 Å². The quantitative estimate of drug-likeness (QED) is 0.398. The molecule has 0 radical (unpaired) electrons. The zero-order chi connectivity index (χ0) is 25.0. The number of methoxy groups -OCH3 is 1. The van der Waals surface area contributed by atoms with Gasteiger partial charge in [0.05, 0.1) is 29.4 Å². The molecule has 3 aromatic rings. The second kappa shape index (κ2) is 10.6. The van der Waals surface area contributed by atoms with Crippen molar-refractivity contribution in [3.05, 3.63) is 81.8 Å². The van der Waals surface area contributed by atoms with Crippen molar-refractivity contribution >= 4 is 29.3 Å². The number of aromatic nitrogens is 1. The first-order valence-electron chi connectivity index (χ1n) is 10.4. The molecule has 1 amide bonds. The summed E-state index contributed by atoms with van der Waals surface area (Å²) in [5, 5.41) is 14.6. The Labute approximate surface area is 207 Å². The van der Waals surface area contributed by atoms with Gasteiger partial charge in [0.15, 0.2) is 0 Å². The zero-order valence-electron chi connectivity index (χ0n) is 19.1. The summed E-state index contributed by atoms with van der Waals surface area (Å²) in [6, 6.07) is 10.2. The number of benzene rings is 2. The normalized spacial score (nSPS) is 13.2. The Hall–Kier alpha value is -2.87. The van der Waals surface area contributed by atoms with Crippen LogP contribution in [-0.2, 0) is 4.74 Å². The highest BCUT2D eigenvalue weighted by Crippen LogP contribution is 2.37. The topological polar surface area (TPSA) is 80.7 Å². The van der Waals surface area contributed by atoms with Gasteiger partial charge in [0.25, 0.3) is 0 Å². The molecule has 0 saturated heterocycles. The average Bonchev–Trinajstić information content (AvgIpc) is 2.77. The van der Waals surface area contributed by atoms with Crippen LogP contribution in [0.5, 0.6) is 5.75 Å². The van der Waals surface area contributed by atoms with Gasteiger partial charge >= 0.3 is 6.09 Å². The molecule has 0 aliphatic rings. The molecule has 3 rings (SSSR count). The predicted octanol–water partition coefficient (Wildman–Crippen LogP) is 6.50. The Kier molecular flexibility index (Phi) is 8.02. The molecule has 0 aliphatic heterocycles. The number of aliphatic hydroxyl groups excluding tert-OH is 1. The van der Waals surface area contributed by atoms with Crippen LogP contribution in [-0.4, -0.2) is 28.9 Å². The highest BCUT2D eigenvalue weighted by atomic mass is 35.5. The number of pyridine rings is 1. The molecular formula is C25H25Cl2FN2O4. The summed E-state index contributed by atoms with van der Waals surface area (Å²) in [6.07, 6.45) is 0.702. The number of carbonyl (C=O) groups is 1. The van der Waals surface area contributed by atoms with Gasteiger partial charge in [-0.3, -0.25) is 4.98 Å². The van der Waals surface area contributed by atoms with Gasteiger partial charge in [0.2, 0.25) is 0 Å². The molecule has 2 aromatic carbocycles. The van der Waals surface area contributed by atoms with E-state index in [1.54, 1.807) is 57.2 Å². The lowest BCUT2D eigenvalue weighted by Crippen LogP contribution is -2.37. The first kappa shape index (κ1) is 25.7. The van der Waals surface area contributed by atoms with Crippen LogP contribution < -0.4 is 10.1 Å². The van der Waals surface area contributed by atoms with Gasteiger partial charge in [0.1, 0.15) is 23.3 Å². The zero-order valence-corrected chi connectivity index (χ0v) is 20.6. The Morgan fingerprint density at radius 3 is 2.38 bits per heavy atom. The van der Waals surface area contributed by atoms with E-state index in [1.807, 2.05) is 0 Å². The maximum atomic E-state index is 13.7. The Bertz CT molecular complexity index is 1180. The van der Waals surface area contributed by atoms with Gasteiger partial charge in [-0.25, -0.2) is 9.18 Å². The molecule has 0 spiro atoms. The van der Waals surface area contributed by atoms with Crippen LogP contribution in [0.3, 0.4) is 0 Å². The van der Waals surface area contributed by atoms with Crippen molar-refractivity contribution in [3.8, 4) is 16.9 Å². The van der Waals surface area contributed by atoms with Crippen molar-refractivity contribution < 1.29 is 23.8 Å². The van der Waals surface area contributed by atoms with Crippen molar-refractivity contribution in [1.29, 1.82) is 0 Å². The lowest BCUT2D eigenvalue weighted by atomic mass is 9.94. The van der Waals surface area contributed by atoms with E-state index in [4.69, 9.17) is 32.7 Å². The molecule has 1 heterocycles. The molecule has 1 aromatic heterocycles. The monoisotopic (exact) mass is 506 g/mol. The summed E-state index contributed by atoms with van der Waals surface area (Å²) in [5.41, 5.74) is 1.34. The molecule has 0 fully saturated rings. The van der Waals surface area contributed by atoms with E-state index < -0.39 is 29.7 Å². The fourth-order valence-corrected chi connectivity index (χ4v) is 3.67.